The van der Waals surface area contributed by atoms with Gasteiger partial charge in [0.1, 0.15) is 6.17 Å². The van der Waals surface area contributed by atoms with Crippen LogP contribution in [0, 0.1) is 0 Å². The van der Waals surface area contributed by atoms with Gasteiger partial charge >= 0.3 is 0 Å². The smallest absolute Gasteiger partial charge is 0.142 e. The zero-order valence-corrected chi connectivity index (χ0v) is 8.04. The summed E-state index contributed by atoms with van der Waals surface area (Å²) < 4.78 is 13.9. The summed E-state index contributed by atoms with van der Waals surface area (Å²) >= 11 is 0. The van der Waals surface area contributed by atoms with E-state index in [4.69, 9.17) is 0 Å². The Morgan fingerprint density at radius 1 is 1.21 bits per heavy atom. The van der Waals surface area contributed by atoms with Crippen molar-refractivity contribution >= 4 is 0 Å². The lowest BCUT2D eigenvalue weighted by molar-refractivity contribution is 0.231. The zero-order chi connectivity index (χ0) is 9.80. The summed E-state index contributed by atoms with van der Waals surface area (Å²) in [4.78, 5) is 0. The first-order valence-electron chi connectivity index (χ1n) is 5.01. The van der Waals surface area contributed by atoms with Crippen molar-refractivity contribution in [3.05, 3.63) is 35.9 Å². The van der Waals surface area contributed by atoms with E-state index >= 15 is 0 Å². The van der Waals surface area contributed by atoms with Gasteiger partial charge in [-0.2, -0.15) is 0 Å². The Balaban J connectivity index is 2.03. The van der Waals surface area contributed by atoms with Crippen LogP contribution >= 0.6 is 0 Å². The highest BCUT2D eigenvalue weighted by molar-refractivity contribution is 5.19. The molecule has 2 atom stereocenters. The van der Waals surface area contributed by atoms with Gasteiger partial charge in [-0.3, -0.25) is 0 Å². The van der Waals surface area contributed by atoms with Crippen molar-refractivity contribution < 1.29 is 4.39 Å². The molecule has 14 heavy (non-hydrogen) atoms. The molecule has 0 bridgehead atoms. The highest BCUT2D eigenvalue weighted by atomic mass is 19.1. The molecule has 1 aliphatic rings. The first kappa shape index (κ1) is 9.62. The number of hydrogen-bond acceptors (Lipinski definition) is 2. The van der Waals surface area contributed by atoms with Gasteiger partial charge in [0, 0.05) is 19.6 Å². The molecule has 1 aromatic rings. The second kappa shape index (κ2) is 4.53. The molecule has 1 heterocycles. The van der Waals surface area contributed by atoms with Crippen molar-refractivity contribution in [3.63, 3.8) is 0 Å². The molecule has 0 spiro atoms. The quantitative estimate of drug-likeness (QED) is 0.740. The van der Waals surface area contributed by atoms with Crippen LogP contribution in [-0.2, 0) is 0 Å². The summed E-state index contributed by atoms with van der Waals surface area (Å²) in [5, 5.41) is 6.36. The Bertz CT molecular complexity index is 270. The molecule has 0 amide bonds. The van der Waals surface area contributed by atoms with Gasteiger partial charge in [-0.15, -0.1) is 0 Å². The number of halogens is 1. The third kappa shape index (κ3) is 2.11. The lowest BCUT2D eigenvalue weighted by Crippen LogP contribution is -2.50. The van der Waals surface area contributed by atoms with Crippen LogP contribution in [0.1, 0.15) is 11.7 Å². The average molecular weight is 194 g/mol. The largest absolute Gasteiger partial charge is 0.314 e. The summed E-state index contributed by atoms with van der Waals surface area (Å²) in [5.41, 5.74) is 0.758. The van der Waals surface area contributed by atoms with Crippen LogP contribution in [0.25, 0.3) is 0 Å². The summed E-state index contributed by atoms with van der Waals surface area (Å²) in [6, 6.07) is 9.23. The monoisotopic (exact) mass is 194 g/mol. The van der Waals surface area contributed by atoms with Crippen molar-refractivity contribution in [2.45, 2.75) is 12.2 Å². The van der Waals surface area contributed by atoms with Crippen LogP contribution in [0.2, 0.25) is 0 Å². The first-order valence-corrected chi connectivity index (χ1v) is 5.01. The number of alkyl halides is 1. The highest BCUT2D eigenvalue weighted by Gasteiger charge is 2.23. The third-order valence-electron chi connectivity index (χ3n) is 2.54. The van der Waals surface area contributed by atoms with E-state index in [1.54, 1.807) is 0 Å². The topological polar surface area (TPSA) is 24.1 Å². The zero-order valence-electron chi connectivity index (χ0n) is 8.04. The van der Waals surface area contributed by atoms with E-state index in [0.717, 1.165) is 18.7 Å². The van der Waals surface area contributed by atoms with E-state index in [2.05, 4.69) is 10.6 Å². The summed E-state index contributed by atoms with van der Waals surface area (Å²) in [7, 11) is 0. The third-order valence-corrected chi connectivity index (χ3v) is 2.54. The number of rotatable bonds is 2. The molecule has 2 rings (SSSR count). The molecule has 1 unspecified atom stereocenters. The van der Waals surface area contributed by atoms with E-state index in [-0.39, 0.29) is 6.04 Å². The predicted molar refractivity (Wildman–Crippen MR) is 55.0 cm³/mol. The molecule has 0 aliphatic carbocycles. The molecular weight excluding hydrogens is 179 g/mol. The van der Waals surface area contributed by atoms with Crippen molar-refractivity contribution in [3.8, 4) is 0 Å². The van der Waals surface area contributed by atoms with Crippen LogP contribution in [0.4, 0.5) is 4.39 Å². The fourth-order valence-electron chi connectivity index (χ4n) is 1.75. The Morgan fingerprint density at radius 3 is 2.64 bits per heavy atom. The maximum Gasteiger partial charge on any atom is 0.142 e. The maximum atomic E-state index is 13.9. The standard InChI is InChI=1S/C11H15FN2/c12-11(9-4-2-1-3-5-9)10-8-13-6-7-14-10/h1-5,10-11,13-14H,6-8H2/t10?,11-/m1/s1. The molecule has 1 aromatic carbocycles. The fraction of sp³-hybridized carbons (Fsp3) is 0.455. The predicted octanol–water partition coefficient (Wildman–Crippen LogP) is 1.26. The lowest BCUT2D eigenvalue weighted by Gasteiger charge is -2.27. The number of piperazine rings is 1. The number of nitrogens with one attached hydrogen (secondary N) is 2. The van der Waals surface area contributed by atoms with E-state index in [9.17, 15) is 4.39 Å². The first-order chi connectivity index (χ1) is 6.88. The Kier molecular flexibility index (Phi) is 3.11. The molecule has 1 aliphatic heterocycles. The van der Waals surface area contributed by atoms with Crippen LogP contribution < -0.4 is 10.6 Å². The SMILES string of the molecule is F[C@H](c1ccccc1)C1CNCCN1. The van der Waals surface area contributed by atoms with Crippen LogP contribution in [0.15, 0.2) is 30.3 Å². The van der Waals surface area contributed by atoms with Crippen LogP contribution in [-0.4, -0.2) is 25.7 Å². The van der Waals surface area contributed by atoms with Crippen molar-refractivity contribution in [2.24, 2.45) is 0 Å². The molecule has 0 saturated carbocycles. The normalized spacial score (nSPS) is 24.5. The molecule has 76 valence electrons. The van der Waals surface area contributed by atoms with Crippen molar-refractivity contribution in [2.75, 3.05) is 19.6 Å². The number of benzene rings is 1. The molecule has 2 nitrogen and oxygen atoms in total. The summed E-state index contributed by atoms with van der Waals surface area (Å²) in [6.07, 6.45) is -0.913. The molecule has 3 heteroatoms. The van der Waals surface area contributed by atoms with Gasteiger partial charge in [-0.25, -0.2) is 4.39 Å². The van der Waals surface area contributed by atoms with Gasteiger partial charge in [0.05, 0.1) is 6.04 Å². The summed E-state index contributed by atoms with van der Waals surface area (Å²) in [6.45, 7) is 2.48. The van der Waals surface area contributed by atoms with E-state index in [1.165, 1.54) is 0 Å². The van der Waals surface area contributed by atoms with Gasteiger partial charge in [0.25, 0.3) is 0 Å². The molecule has 0 radical (unpaired) electrons. The van der Waals surface area contributed by atoms with E-state index < -0.39 is 6.17 Å². The molecule has 0 aromatic heterocycles. The van der Waals surface area contributed by atoms with E-state index in [1.807, 2.05) is 30.3 Å². The maximum absolute atomic E-state index is 13.9. The number of hydrogen-bond donors (Lipinski definition) is 2. The Morgan fingerprint density at radius 2 is 2.00 bits per heavy atom. The molecule has 2 N–H and O–H groups in total. The van der Waals surface area contributed by atoms with Crippen LogP contribution in [0.5, 0.6) is 0 Å². The lowest BCUT2D eigenvalue weighted by atomic mass is 10.0. The van der Waals surface area contributed by atoms with Gasteiger partial charge in [-0.1, -0.05) is 30.3 Å². The molecular formula is C11H15FN2. The molecule has 1 saturated heterocycles. The molecule has 1 fully saturated rings. The summed E-state index contributed by atoms with van der Waals surface area (Å²) in [5.74, 6) is 0. The van der Waals surface area contributed by atoms with Gasteiger partial charge in [0.2, 0.25) is 0 Å². The fourth-order valence-corrected chi connectivity index (χ4v) is 1.75. The Hall–Kier alpha value is -0.930. The van der Waals surface area contributed by atoms with Crippen LogP contribution in [0.3, 0.4) is 0 Å². The minimum Gasteiger partial charge on any atom is -0.314 e. The minimum absolute atomic E-state index is 0.0915. The second-order valence-electron chi connectivity index (χ2n) is 3.58. The second-order valence-corrected chi connectivity index (χ2v) is 3.58. The average Bonchev–Trinajstić information content (AvgIpc) is 2.30. The van der Waals surface area contributed by atoms with E-state index in [0.29, 0.717) is 6.54 Å². The van der Waals surface area contributed by atoms with Crippen molar-refractivity contribution in [1.29, 1.82) is 0 Å². The van der Waals surface area contributed by atoms with Gasteiger partial charge in [0.15, 0.2) is 0 Å². The highest BCUT2D eigenvalue weighted by Crippen LogP contribution is 2.21. The van der Waals surface area contributed by atoms with Gasteiger partial charge < -0.3 is 10.6 Å². The van der Waals surface area contributed by atoms with Gasteiger partial charge in [-0.05, 0) is 5.56 Å². The minimum atomic E-state index is -0.913. The van der Waals surface area contributed by atoms with Crippen molar-refractivity contribution in [1.82, 2.24) is 10.6 Å². The Labute approximate surface area is 83.5 Å².